The summed E-state index contributed by atoms with van der Waals surface area (Å²) >= 11 is 1.28. The number of nitrogens with zero attached hydrogens (tertiary/aromatic N) is 3. The van der Waals surface area contributed by atoms with Crippen LogP contribution in [0, 0.1) is 22.7 Å². The average molecular weight is 240 g/mol. The summed E-state index contributed by atoms with van der Waals surface area (Å²) in [7, 11) is 0. The fourth-order valence-electron chi connectivity index (χ4n) is 1.47. The van der Waals surface area contributed by atoms with Crippen LogP contribution < -0.4 is 10.6 Å². The second-order valence-corrected chi connectivity index (χ2v) is 4.09. The second kappa shape index (κ2) is 4.65. The fraction of sp³-hybridized carbons (Fsp3) is 0. The Morgan fingerprint density at radius 2 is 1.82 bits per heavy atom. The first-order chi connectivity index (χ1) is 8.27. The SMILES string of the molecule is N#CC(C#N)=C1SC=C(N)N1c1ccccc1. The Bertz CT molecular complexity index is 559. The molecule has 0 atom stereocenters. The second-order valence-electron chi connectivity index (χ2n) is 3.24. The lowest BCUT2D eigenvalue weighted by Gasteiger charge is -2.20. The third-order valence-electron chi connectivity index (χ3n) is 2.20. The van der Waals surface area contributed by atoms with Crippen molar-refractivity contribution in [2.45, 2.75) is 0 Å². The minimum absolute atomic E-state index is 0.0653. The standard InChI is InChI=1S/C12H8N4S/c13-6-9(7-14)12-16(11(15)8-17-12)10-4-2-1-3-5-10/h1-5,8H,15H2. The van der Waals surface area contributed by atoms with E-state index in [-0.39, 0.29) is 5.57 Å². The summed E-state index contributed by atoms with van der Waals surface area (Å²) in [5.41, 5.74) is 6.76. The molecule has 0 amide bonds. The van der Waals surface area contributed by atoms with E-state index in [2.05, 4.69) is 0 Å². The molecule has 4 nitrogen and oxygen atoms in total. The van der Waals surface area contributed by atoms with Gasteiger partial charge in [0.1, 0.15) is 23.0 Å². The molecular formula is C12H8N4S. The van der Waals surface area contributed by atoms with Gasteiger partial charge in [0, 0.05) is 11.1 Å². The molecule has 0 saturated carbocycles. The van der Waals surface area contributed by atoms with Gasteiger partial charge < -0.3 is 5.73 Å². The van der Waals surface area contributed by atoms with Crippen LogP contribution in [0.5, 0.6) is 0 Å². The normalized spacial score (nSPS) is 13.9. The van der Waals surface area contributed by atoms with Gasteiger partial charge in [-0.1, -0.05) is 30.0 Å². The predicted molar refractivity (Wildman–Crippen MR) is 67.0 cm³/mol. The van der Waals surface area contributed by atoms with Crippen molar-refractivity contribution in [1.82, 2.24) is 0 Å². The number of nitrogens with two attached hydrogens (primary N) is 1. The first-order valence-electron chi connectivity index (χ1n) is 4.80. The van der Waals surface area contributed by atoms with Gasteiger partial charge >= 0.3 is 0 Å². The third kappa shape index (κ3) is 1.96. The van der Waals surface area contributed by atoms with Crippen molar-refractivity contribution < 1.29 is 0 Å². The molecule has 2 N–H and O–H groups in total. The first kappa shape index (κ1) is 11.1. The van der Waals surface area contributed by atoms with E-state index >= 15 is 0 Å². The summed E-state index contributed by atoms with van der Waals surface area (Å²) in [5, 5.41) is 20.1. The Balaban J connectivity index is 2.52. The molecule has 0 unspecified atom stereocenters. The highest BCUT2D eigenvalue weighted by Gasteiger charge is 2.24. The van der Waals surface area contributed by atoms with Gasteiger partial charge in [-0.3, -0.25) is 4.90 Å². The number of allylic oxidation sites excluding steroid dienone is 1. The average Bonchev–Trinajstić information content (AvgIpc) is 2.74. The molecule has 0 spiro atoms. The van der Waals surface area contributed by atoms with E-state index in [0.717, 1.165) is 5.69 Å². The van der Waals surface area contributed by atoms with Gasteiger partial charge in [0.25, 0.3) is 0 Å². The summed E-state index contributed by atoms with van der Waals surface area (Å²) in [6, 6.07) is 13.2. The Labute approximate surface area is 103 Å². The highest BCUT2D eigenvalue weighted by atomic mass is 32.2. The van der Waals surface area contributed by atoms with Crippen molar-refractivity contribution in [2.75, 3.05) is 4.90 Å². The lowest BCUT2D eigenvalue weighted by Crippen LogP contribution is -2.22. The van der Waals surface area contributed by atoms with E-state index in [1.807, 2.05) is 42.5 Å². The molecule has 5 heteroatoms. The van der Waals surface area contributed by atoms with E-state index < -0.39 is 0 Å². The summed E-state index contributed by atoms with van der Waals surface area (Å²) < 4.78 is 0. The third-order valence-corrected chi connectivity index (χ3v) is 3.17. The van der Waals surface area contributed by atoms with E-state index in [0.29, 0.717) is 10.9 Å². The molecule has 1 aromatic carbocycles. The van der Waals surface area contributed by atoms with E-state index in [4.69, 9.17) is 16.3 Å². The molecule has 17 heavy (non-hydrogen) atoms. The van der Waals surface area contributed by atoms with Gasteiger partial charge in [-0.05, 0) is 12.1 Å². The Kier molecular flexibility index (Phi) is 3.04. The van der Waals surface area contributed by atoms with Crippen LogP contribution >= 0.6 is 11.8 Å². The van der Waals surface area contributed by atoms with Gasteiger partial charge in [-0.25, -0.2) is 0 Å². The van der Waals surface area contributed by atoms with Crippen LogP contribution in [0.4, 0.5) is 5.69 Å². The number of para-hydroxylation sites is 1. The fourth-order valence-corrected chi connectivity index (χ4v) is 2.34. The maximum absolute atomic E-state index is 8.90. The van der Waals surface area contributed by atoms with Gasteiger partial charge in [-0.2, -0.15) is 10.5 Å². The number of hydrogen-bond donors (Lipinski definition) is 1. The van der Waals surface area contributed by atoms with E-state index in [9.17, 15) is 0 Å². The van der Waals surface area contributed by atoms with Crippen molar-refractivity contribution in [1.29, 1.82) is 10.5 Å². The zero-order valence-electron chi connectivity index (χ0n) is 8.79. The van der Waals surface area contributed by atoms with Gasteiger partial charge in [-0.15, -0.1) is 0 Å². The minimum Gasteiger partial charge on any atom is -0.384 e. The van der Waals surface area contributed by atoms with Crippen LogP contribution in [0.25, 0.3) is 0 Å². The van der Waals surface area contributed by atoms with Gasteiger partial charge in [0.2, 0.25) is 0 Å². The monoisotopic (exact) mass is 240 g/mol. The molecular weight excluding hydrogens is 232 g/mol. The maximum atomic E-state index is 8.90. The number of benzene rings is 1. The lowest BCUT2D eigenvalue weighted by molar-refractivity contribution is 1.12. The van der Waals surface area contributed by atoms with Gasteiger partial charge in [0.05, 0.1) is 0 Å². The van der Waals surface area contributed by atoms with Crippen molar-refractivity contribution in [3.05, 3.63) is 52.2 Å². The summed E-state index contributed by atoms with van der Waals surface area (Å²) in [6.45, 7) is 0. The number of nitriles is 2. The van der Waals surface area contributed by atoms with Crippen LogP contribution in [0.3, 0.4) is 0 Å². The van der Waals surface area contributed by atoms with E-state index in [1.165, 1.54) is 11.8 Å². The largest absolute Gasteiger partial charge is 0.384 e. The summed E-state index contributed by atoms with van der Waals surface area (Å²) in [6.07, 6.45) is 0. The number of rotatable bonds is 1. The molecule has 2 rings (SSSR count). The van der Waals surface area contributed by atoms with Crippen LogP contribution in [-0.2, 0) is 0 Å². The zero-order chi connectivity index (χ0) is 12.3. The smallest absolute Gasteiger partial charge is 0.160 e. The molecule has 1 aliphatic rings. The summed E-state index contributed by atoms with van der Waals surface area (Å²) in [4.78, 5) is 1.70. The van der Waals surface area contributed by atoms with Crippen LogP contribution in [0.15, 0.2) is 52.2 Å². The number of hydrogen-bond acceptors (Lipinski definition) is 5. The zero-order valence-corrected chi connectivity index (χ0v) is 9.61. The minimum atomic E-state index is 0.0653. The number of anilines is 1. The van der Waals surface area contributed by atoms with Crippen molar-refractivity contribution in [2.24, 2.45) is 5.73 Å². The molecule has 0 aliphatic carbocycles. The molecule has 0 fully saturated rings. The predicted octanol–water partition coefficient (Wildman–Crippen LogP) is 2.26. The van der Waals surface area contributed by atoms with Crippen LogP contribution in [0.2, 0.25) is 0 Å². The van der Waals surface area contributed by atoms with Crippen LogP contribution in [-0.4, -0.2) is 0 Å². The number of thioether (sulfide) groups is 1. The topological polar surface area (TPSA) is 76.8 Å². The molecule has 0 bridgehead atoms. The van der Waals surface area contributed by atoms with Crippen molar-refractivity contribution >= 4 is 17.4 Å². The van der Waals surface area contributed by atoms with Crippen LogP contribution in [0.1, 0.15) is 0 Å². The lowest BCUT2D eigenvalue weighted by atomic mass is 10.2. The van der Waals surface area contributed by atoms with Crippen molar-refractivity contribution in [3.63, 3.8) is 0 Å². The highest BCUT2D eigenvalue weighted by Crippen LogP contribution is 2.38. The van der Waals surface area contributed by atoms with Crippen molar-refractivity contribution in [3.8, 4) is 12.1 Å². The molecule has 0 aromatic heterocycles. The maximum Gasteiger partial charge on any atom is 0.160 e. The molecule has 82 valence electrons. The highest BCUT2D eigenvalue weighted by molar-refractivity contribution is 8.06. The first-order valence-corrected chi connectivity index (χ1v) is 5.68. The Morgan fingerprint density at radius 1 is 1.18 bits per heavy atom. The van der Waals surface area contributed by atoms with E-state index in [1.54, 1.807) is 10.3 Å². The quantitative estimate of drug-likeness (QED) is 0.762. The summed E-state index contributed by atoms with van der Waals surface area (Å²) in [5.74, 6) is 0.513. The Hall–Kier alpha value is -2.37. The molecule has 0 saturated heterocycles. The Morgan fingerprint density at radius 3 is 2.41 bits per heavy atom. The molecule has 1 aromatic rings. The molecule has 1 aliphatic heterocycles. The molecule has 1 heterocycles. The molecule has 0 radical (unpaired) electrons. The van der Waals surface area contributed by atoms with Gasteiger partial charge in [0.15, 0.2) is 5.57 Å².